The second-order valence-electron chi connectivity index (χ2n) is 4.71. The molecule has 0 bridgehead atoms. The summed E-state index contributed by atoms with van der Waals surface area (Å²) in [5.41, 5.74) is 7.96. The molecule has 0 fully saturated rings. The minimum absolute atomic E-state index is 0.0903. The number of primary amides is 1. The molecule has 0 aliphatic carbocycles. The highest BCUT2D eigenvalue weighted by Gasteiger charge is 2.14. The minimum atomic E-state index is -0.401. The zero-order chi connectivity index (χ0) is 14.8. The average Bonchev–Trinajstić information content (AvgIpc) is 2.86. The van der Waals surface area contributed by atoms with E-state index in [-0.39, 0.29) is 6.54 Å². The number of imidazole rings is 1. The number of aromatic nitrogens is 2. The summed E-state index contributed by atoms with van der Waals surface area (Å²) in [6.07, 6.45) is 0. The summed E-state index contributed by atoms with van der Waals surface area (Å²) in [4.78, 5) is 16.0. The number of carbonyl (C=O) groups is 1. The summed E-state index contributed by atoms with van der Waals surface area (Å²) in [5, 5.41) is 0. The van der Waals surface area contributed by atoms with Crippen molar-refractivity contribution in [2.45, 2.75) is 6.54 Å². The second-order valence-corrected chi connectivity index (χ2v) is 4.71. The lowest BCUT2D eigenvalue weighted by molar-refractivity contribution is -0.118. The van der Waals surface area contributed by atoms with Gasteiger partial charge in [0.15, 0.2) is 0 Å². The average molecular weight is 281 g/mol. The van der Waals surface area contributed by atoms with Crippen LogP contribution in [-0.2, 0) is 11.3 Å². The van der Waals surface area contributed by atoms with E-state index in [4.69, 9.17) is 10.5 Å². The molecule has 0 radical (unpaired) electrons. The van der Waals surface area contributed by atoms with Crippen molar-refractivity contribution in [3.8, 4) is 17.1 Å². The molecule has 1 aromatic heterocycles. The van der Waals surface area contributed by atoms with Gasteiger partial charge < -0.3 is 15.0 Å². The predicted octanol–water partition coefficient (Wildman–Crippen LogP) is 2.20. The molecule has 0 aliphatic heterocycles. The Kier molecular flexibility index (Phi) is 3.31. The van der Waals surface area contributed by atoms with E-state index in [1.165, 1.54) is 0 Å². The number of nitrogens with two attached hydrogens (primary N) is 1. The number of para-hydroxylation sites is 2. The summed E-state index contributed by atoms with van der Waals surface area (Å²) < 4.78 is 7.07. The van der Waals surface area contributed by atoms with Crippen LogP contribution in [0.5, 0.6) is 5.75 Å². The summed E-state index contributed by atoms with van der Waals surface area (Å²) in [5.74, 6) is 1.04. The Hall–Kier alpha value is -2.82. The van der Waals surface area contributed by atoms with Crippen molar-refractivity contribution >= 4 is 16.9 Å². The molecular formula is C16H15N3O2. The maximum absolute atomic E-state index is 11.4. The Labute approximate surface area is 122 Å². The molecular weight excluding hydrogens is 266 g/mol. The van der Waals surface area contributed by atoms with E-state index < -0.39 is 5.91 Å². The van der Waals surface area contributed by atoms with Gasteiger partial charge in [-0.15, -0.1) is 0 Å². The number of amides is 1. The fraction of sp³-hybridized carbons (Fsp3) is 0.125. The van der Waals surface area contributed by atoms with Gasteiger partial charge in [0.2, 0.25) is 5.91 Å². The Morgan fingerprint density at radius 3 is 2.81 bits per heavy atom. The van der Waals surface area contributed by atoms with Crippen molar-refractivity contribution in [3.63, 3.8) is 0 Å². The Morgan fingerprint density at radius 2 is 2.05 bits per heavy atom. The van der Waals surface area contributed by atoms with Gasteiger partial charge in [0.05, 0.1) is 18.1 Å². The summed E-state index contributed by atoms with van der Waals surface area (Å²) in [6, 6.07) is 15.2. The highest BCUT2D eigenvalue weighted by Crippen LogP contribution is 2.27. The Morgan fingerprint density at radius 1 is 1.24 bits per heavy atom. The number of fused-ring (bicyclic) bond motifs is 1. The van der Waals surface area contributed by atoms with Crippen LogP contribution in [0.1, 0.15) is 0 Å². The standard InChI is InChI=1S/C16H15N3O2/c1-21-12-6-4-5-11(9-12)16-18-13-7-2-3-8-14(13)19(16)10-15(17)20/h2-9H,10H2,1H3,(H2,17,20). The van der Waals surface area contributed by atoms with Crippen molar-refractivity contribution in [2.75, 3.05) is 7.11 Å². The number of nitrogens with zero attached hydrogens (tertiary/aromatic N) is 2. The molecule has 3 rings (SSSR count). The molecule has 2 N–H and O–H groups in total. The molecule has 5 heteroatoms. The van der Waals surface area contributed by atoms with E-state index in [1.54, 1.807) is 7.11 Å². The second kappa shape index (κ2) is 5.28. The third-order valence-electron chi connectivity index (χ3n) is 3.30. The molecule has 1 amide bonds. The molecule has 0 atom stereocenters. The van der Waals surface area contributed by atoms with Gasteiger partial charge in [-0.1, -0.05) is 24.3 Å². The van der Waals surface area contributed by atoms with Crippen LogP contribution in [-0.4, -0.2) is 22.6 Å². The molecule has 0 spiro atoms. The van der Waals surface area contributed by atoms with Crippen molar-refractivity contribution < 1.29 is 9.53 Å². The van der Waals surface area contributed by atoms with Crippen molar-refractivity contribution in [1.82, 2.24) is 9.55 Å². The van der Waals surface area contributed by atoms with Crippen LogP contribution in [0.2, 0.25) is 0 Å². The predicted molar refractivity (Wildman–Crippen MR) is 80.9 cm³/mol. The van der Waals surface area contributed by atoms with Crippen LogP contribution in [0, 0.1) is 0 Å². The van der Waals surface area contributed by atoms with E-state index in [0.717, 1.165) is 22.3 Å². The molecule has 21 heavy (non-hydrogen) atoms. The van der Waals surface area contributed by atoms with Crippen molar-refractivity contribution in [2.24, 2.45) is 5.73 Å². The molecule has 0 saturated carbocycles. The first-order chi connectivity index (χ1) is 10.2. The number of rotatable bonds is 4. The molecule has 3 aromatic rings. The van der Waals surface area contributed by atoms with Crippen molar-refractivity contribution in [3.05, 3.63) is 48.5 Å². The number of ether oxygens (including phenoxy) is 1. The SMILES string of the molecule is COc1cccc(-c2nc3ccccc3n2CC(N)=O)c1. The first-order valence-corrected chi connectivity index (χ1v) is 6.57. The summed E-state index contributed by atoms with van der Waals surface area (Å²) >= 11 is 0. The highest BCUT2D eigenvalue weighted by molar-refractivity contribution is 5.84. The number of carbonyl (C=O) groups excluding carboxylic acids is 1. The molecule has 1 heterocycles. The number of methoxy groups -OCH3 is 1. The zero-order valence-corrected chi connectivity index (χ0v) is 11.6. The molecule has 0 unspecified atom stereocenters. The summed E-state index contributed by atoms with van der Waals surface area (Å²) in [6.45, 7) is 0.0903. The maximum Gasteiger partial charge on any atom is 0.237 e. The number of hydrogen-bond donors (Lipinski definition) is 1. The third kappa shape index (κ3) is 2.45. The number of hydrogen-bond acceptors (Lipinski definition) is 3. The Balaban J connectivity index is 2.22. The van der Waals surface area contributed by atoms with E-state index in [2.05, 4.69) is 4.98 Å². The van der Waals surface area contributed by atoms with Gasteiger partial charge in [-0.05, 0) is 24.3 Å². The van der Waals surface area contributed by atoms with Crippen molar-refractivity contribution in [1.29, 1.82) is 0 Å². The van der Waals surface area contributed by atoms with Crippen LogP contribution >= 0.6 is 0 Å². The molecule has 106 valence electrons. The van der Waals surface area contributed by atoms with Crippen LogP contribution in [0.3, 0.4) is 0 Å². The van der Waals surface area contributed by atoms with Gasteiger partial charge in [-0.25, -0.2) is 4.98 Å². The smallest absolute Gasteiger partial charge is 0.237 e. The largest absolute Gasteiger partial charge is 0.497 e. The molecule has 0 saturated heterocycles. The maximum atomic E-state index is 11.4. The van der Waals surface area contributed by atoms with Gasteiger partial charge in [-0.3, -0.25) is 4.79 Å². The minimum Gasteiger partial charge on any atom is -0.497 e. The van der Waals surface area contributed by atoms with Crippen LogP contribution in [0.4, 0.5) is 0 Å². The highest BCUT2D eigenvalue weighted by atomic mass is 16.5. The van der Waals surface area contributed by atoms with E-state index in [1.807, 2.05) is 53.1 Å². The first kappa shape index (κ1) is 13.2. The van der Waals surface area contributed by atoms with Gasteiger partial charge in [0, 0.05) is 5.56 Å². The van der Waals surface area contributed by atoms with Crippen LogP contribution < -0.4 is 10.5 Å². The van der Waals surface area contributed by atoms with Gasteiger partial charge >= 0.3 is 0 Å². The fourth-order valence-electron chi connectivity index (χ4n) is 2.37. The molecule has 2 aromatic carbocycles. The lowest BCUT2D eigenvalue weighted by Gasteiger charge is -2.08. The van der Waals surface area contributed by atoms with E-state index >= 15 is 0 Å². The third-order valence-corrected chi connectivity index (χ3v) is 3.30. The molecule has 5 nitrogen and oxygen atoms in total. The number of benzene rings is 2. The summed E-state index contributed by atoms with van der Waals surface area (Å²) in [7, 11) is 1.62. The van der Waals surface area contributed by atoms with Gasteiger partial charge in [0.1, 0.15) is 18.1 Å². The lowest BCUT2D eigenvalue weighted by Crippen LogP contribution is -2.19. The topological polar surface area (TPSA) is 70.1 Å². The lowest BCUT2D eigenvalue weighted by atomic mass is 10.2. The molecule has 0 aliphatic rings. The monoisotopic (exact) mass is 281 g/mol. The fourth-order valence-corrected chi connectivity index (χ4v) is 2.37. The van der Waals surface area contributed by atoms with E-state index in [9.17, 15) is 4.79 Å². The van der Waals surface area contributed by atoms with Gasteiger partial charge in [0.25, 0.3) is 0 Å². The van der Waals surface area contributed by atoms with Crippen LogP contribution in [0.15, 0.2) is 48.5 Å². The van der Waals surface area contributed by atoms with Crippen LogP contribution in [0.25, 0.3) is 22.4 Å². The first-order valence-electron chi connectivity index (χ1n) is 6.57. The quantitative estimate of drug-likeness (QED) is 0.797. The van der Waals surface area contributed by atoms with Gasteiger partial charge in [-0.2, -0.15) is 0 Å². The zero-order valence-electron chi connectivity index (χ0n) is 11.6. The normalized spacial score (nSPS) is 10.7. The van der Waals surface area contributed by atoms with E-state index in [0.29, 0.717) is 5.82 Å². The Bertz CT molecular complexity index is 808.